The fourth-order valence-electron chi connectivity index (χ4n) is 7.53. The number of aryl methyl sites for hydroxylation is 5. The van der Waals surface area contributed by atoms with Crippen molar-refractivity contribution in [2.45, 2.75) is 101 Å². The molecule has 0 saturated heterocycles. The number of nitriles is 2. The molecular weight excluding hydrogens is 558 g/mol. The summed E-state index contributed by atoms with van der Waals surface area (Å²) in [4.78, 5) is 2.44. The Morgan fingerprint density at radius 2 is 1.20 bits per heavy atom. The second kappa shape index (κ2) is 15.3. The first-order chi connectivity index (χ1) is 22.0. The third kappa shape index (κ3) is 7.54. The highest BCUT2D eigenvalue weighted by molar-refractivity contribution is 5.78. The quantitative estimate of drug-likeness (QED) is 0.239. The standard InChI is InChI=1S/C43H51N3/c1-10-12-13-15-35(14-11-2)27-46-25-33(8)41(34(9)26-46)40-17-16-36(18-28(40)3)37-19-29(4)42(30(5)20-37)43-31(6)21-38(22-32(43)7)39(23-44)24-45/h16-22,25-26,35H,10-15,27H2,1-9H3. The van der Waals surface area contributed by atoms with Gasteiger partial charge in [-0.1, -0.05) is 69.9 Å². The third-order valence-electron chi connectivity index (χ3n) is 9.55. The average molecular weight is 610 g/mol. The van der Waals surface area contributed by atoms with Gasteiger partial charge in [0.15, 0.2) is 0 Å². The number of hydrogen-bond acceptors (Lipinski definition) is 3. The maximum absolute atomic E-state index is 9.38. The Kier molecular flexibility index (Phi) is 11.5. The largest absolute Gasteiger partial charge is 0.353 e. The maximum Gasteiger partial charge on any atom is 0.136 e. The molecule has 1 heterocycles. The number of benzene rings is 3. The third-order valence-corrected chi connectivity index (χ3v) is 9.55. The van der Waals surface area contributed by atoms with Crippen LogP contribution in [0.5, 0.6) is 0 Å². The lowest BCUT2D eigenvalue weighted by atomic mass is 9.92. The fraction of sp³-hybridized carbons (Fsp3) is 0.395. The number of unbranched alkanes of at least 4 members (excludes halogenated alkanes) is 2. The molecule has 1 atom stereocenters. The highest BCUT2D eigenvalue weighted by Gasteiger charge is 2.17. The number of hydrogen-bond donors (Lipinski definition) is 0. The van der Waals surface area contributed by atoms with E-state index in [1.165, 1.54) is 98.0 Å². The summed E-state index contributed by atoms with van der Waals surface area (Å²) in [5, 5.41) is 25.6. The maximum atomic E-state index is 9.38. The van der Waals surface area contributed by atoms with Crippen LogP contribution in [0.25, 0.3) is 11.1 Å². The molecule has 3 aromatic carbocycles. The Labute approximate surface area is 276 Å². The lowest BCUT2D eigenvalue weighted by molar-refractivity contribution is 0.331. The molecular formula is C43H51N3. The van der Waals surface area contributed by atoms with Crippen molar-refractivity contribution in [2.24, 2.45) is 5.92 Å². The van der Waals surface area contributed by atoms with Crippen molar-refractivity contribution < 1.29 is 0 Å². The highest BCUT2D eigenvalue weighted by Crippen LogP contribution is 2.28. The second-order valence-corrected chi connectivity index (χ2v) is 13.4. The molecule has 1 aliphatic rings. The van der Waals surface area contributed by atoms with Crippen LogP contribution in [0.2, 0.25) is 0 Å². The van der Waals surface area contributed by atoms with Crippen LogP contribution in [0.4, 0.5) is 0 Å². The normalized spacial score (nSPS) is 13.5. The molecule has 4 rings (SSSR count). The van der Waals surface area contributed by atoms with Crippen LogP contribution in [-0.4, -0.2) is 11.4 Å². The molecule has 3 heteroatoms. The summed E-state index contributed by atoms with van der Waals surface area (Å²) in [7, 11) is 0. The topological polar surface area (TPSA) is 50.8 Å². The van der Waals surface area contributed by atoms with E-state index in [1.54, 1.807) is 0 Å². The molecule has 238 valence electrons. The Morgan fingerprint density at radius 3 is 1.70 bits per heavy atom. The molecule has 1 unspecified atom stereocenters. The number of rotatable bonds is 8. The molecule has 0 fully saturated rings. The minimum absolute atomic E-state index is 0.152. The Bertz CT molecular complexity index is 2000. The van der Waals surface area contributed by atoms with Crippen molar-refractivity contribution >= 4 is 11.1 Å². The van der Waals surface area contributed by atoms with E-state index in [-0.39, 0.29) is 5.57 Å². The Morgan fingerprint density at radius 1 is 0.652 bits per heavy atom. The fourth-order valence-corrected chi connectivity index (χ4v) is 7.53. The van der Waals surface area contributed by atoms with E-state index < -0.39 is 0 Å². The van der Waals surface area contributed by atoms with Gasteiger partial charge in [-0.2, -0.15) is 10.5 Å². The second-order valence-electron chi connectivity index (χ2n) is 13.4. The van der Waals surface area contributed by atoms with Crippen molar-refractivity contribution in [3.8, 4) is 12.1 Å². The van der Waals surface area contributed by atoms with Gasteiger partial charge in [-0.05, 0) is 150 Å². The van der Waals surface area contributed by atoms with Crippen molar-refractivity contribution in [3.63, 3.8) is 0 Å². The van der Waals surface area contributed by atoms with Crippen LogP contribution in [0.15, 0.2) is 66.0 Å². The molecule has 0 bridgehead atoms. The smallest absolute Gasteiger partial charge is 0.136 e. The predicted molar refractivity (Wildman–Crippen MR) is 192 cm³/mol. The van der Waals surface area contributed by atoms with Crippen molar-refractivity contribution in [2.75, 3.05) is 6.54 Å². The Hall–Kier alpha value is -4.34. The van der Waals surface area contributed by atoms with E-state index in [9.17, 15) is 10.5 Å². The molecule has 0 N–H and O–H groups in total. The van der Waals surface area contributed by atoms with Crippen molar-refractivity contribution in [1.82, 2.24) is 4.90 Å². The lowest BCUT2D eigenvalue weighted by Gasteiger charge is -2.29. The molecule has 0 aliphatic carbocycles. The summed E-state index contributed by atoms with van der Waals surface area (Å²) in [6.07, 6.45) is 12.5. The minimum atomic E-state index is 0.152. The summed E-state index contributed by atoms with van der Waals surface area (Å²) in [6.45, 7) is 21.0. The van der Waals surface area contributed by atoms with E-state index in [0.29, 0.717) is 5.22 Å². The van der Waals surface area contributed by atoms with Gasteiger partial charge in [0.2, 0.25) is 0 Å². The molecule has 1 aliphatic heterocycles. The molecule has 0 spiro atoms. The molecule has 0 saturated carbocycles. The lowest BCUT2D eigenvalue weighted by Crippen LogP contribution is -2.25. The molecule has 3 aromatic rings. The van der Waals surface area contributed by atoms with Crippen LogP contribution in [-0.2, 0) is 0 Å². The van der Waals surface area contributed by atoms with Crippen molar-refractivity contribution in [3.05, 3.63) is 125 Å². The van der Waals surface area contributed by atoms with E-state index in [4.69, 9.17) is 0 Å². The van der Waals surface area contributed by atoms with E-state index in [2.05, 4.69) is 110 Å². The summed E-state index contributed by atoms with van der Waals surface area (Å²) in [5.74, 6) is 0.746. The zero-order valence-electron chi connectivity index (χ0n) is 29.6. The highest BCUT2D eigenvalue weighted by atomic mass is 15.1. The minimum Gasteiger partial charge on any atom is -0.353 e. The van der Waals surface area contributed by atoms with Crippen LogP contribution < -0.4 is 10.4 Å². The van der Waals surface area contributed by atoms with Gasteiger partial charge >= 0.3 is 0 Å². The van der Waals surface area contributed by atoms with Crippen LogP contribution >= 0.6 is 0 Å². The summed E-state index contributed by atoms with van der Waals surface area (Å²) in [5.41, 5.74) is 10.0. The van der Waals surface area contributed by atoms with Gasteiger partial charge in [0, 0.05) is 24.2 Å². The van der Waals surface area contributed by atoms with Gasteiger partial charge in [0.05, 0.1) is 0 Å². The van der Waals surface area contributed by atoms with Gasteiger partial charge in [-0.15, -0.1) is 0 Å². The first-order valence-corrected chi connectivity index (χ1v) is 17.0. The predicted octanol–water partition coefficient (Wildman–Crippen LogP) is 9.27. The first kappa shape index (κ1) is 34.5. The number of nitrogens with zero attached hydrogens (tertiary/aromatic N) is 3. The van der Waals surface area contributed by atoms with Crippen LogP contribution in [0.3, 0.4) is 0 Å². The Balaban J connectivity index is 1.80. The van der Waals surface area contributed by atoms with Gasteiger partial charge in [0.1, 0.15) is 17.7 Å². The monoisotopic (exact) mass is 609 g/mol. The van der Waals surface area contributed by atoms with Crippen LogP contribution in [0.1, 0.15) is 94.0 Å². The van der Waals surface area contributed by atoms with E-state index >= 15 is 0 Å². The zero-order chi connectivity index (χ0) is 33.5. The van der Waals surface area contributed by atoms with Gasteiger partial charge in [-0.3, -0.25) is 0 Å². The van der Waals surface area contributed by atoms with Gasteiger partial charge in [0.25, 0.3) is 0 Å². The SMILES string of the molecule is CCCCCC(CCC)CN1C=C(C)C(=c2ccc(=c3cc(C)c(=c4c(C)cc(=C(C#N)C#N)cc4C)c(C)c3)cc2C)C(C)=C1. The summed E-state index contributed by atoms with van der Waals surface area (Å²) >= 11 is 0. The van der Waals surface area contributed by atoms with Crippen molar-refractivity contribution in [1.29, 1.82) is 10.5 Å². The van der Waals surface area contributed by atoms with Crippen LogP contribution in [0, 0.1) is 84.1 Å². The molecule has 0 amide bonds. The van der Waals surface area contributed by atoms with Gasteiger partial charge < -0.3 is 4.90 Å². The van der Waals surface area contributed by atoms with E-state index in [1.807, 2.05) is 24.3 Å². The average Bonchev–Trinajstić information content (AvgIpc) is 2.99. The molecule has 0 radical (unpaired) electrons. The summed E-state index contributed by atoms with van der Waals surface area (Å²) < 4.78 is 0. The molecule has 3 nitrogen and oxygen atoms in total. The summed E-state index contributed by atoms with van der Waals surface area (Å²) in [6, 6.07) is 19.5. The molecule has 46 heavy (non-hydrogen) atoms. The number of allylic oxidation sites excluding steroid dienone is 2. The first-order valence-electron chi connectivity index (χ1n) is 17.0. The zero-order valence-corrected chi connectivity index (χ0v) is 29.6. The van der Waals surface area contributed by atoms with E-state index in [0.717, 1.165) is 23.6 Å². The van der Waals surface area contributed by atoms with Gasteiger partial charge in [-0.25, -0.2) is 0 Å². The molecule has 0 aromatic heterocycles.